The van der Waals surface area contributed by atoms with Gasteiger partial charge in [0.25, 0.3) is 5.91 Å². The number of nitrogens with zero attached hydrogens (tertiary/aromatic N) is 1. The highest BCUT2D eigenvalue weighted by atomic mass is 35.5. The average molecular weight is 413 g/mol. The molecule has 0 aromatic heterocycles. The van der Waals surface area contributed by atoms with Crippen molar-refractivity contribution < 1.29 is 19.1 Å². The molecule has 0 unspecified atom stereocenters. The van der Waals surface area contributed by atoms with Crippen molar-refractivity contribution in [3.05, 3.63) is 58.1 Å². The molecule has 1 fully saturated rings. The number of halogens is 1. The third-order valence-corrected chi connectivity index (χ3v) is 5.37. The lowest BCUT2D eigenvalue weighted by atomic mass is 10.1. The number of fused-ring (bicyclic) bond motifs is 1. The van der Waals surface area contributed by atoms with Crippen LogP contribution in [0, 0.1) is 6.92 Å². The van der Waals surface area contributed by atoms with E-state index in [1.165, 1.54) is 6.08 Å². The normalized spacial score (nSPS) is 15.2. The molecule has 4 rings (SSSR count). The molecule has 2 aromatic carbocycles. The van der Waals surface area contributed by atoms with Crippen molar-refractivity contribution in [3.8, 4) is 11.5 Å². The second-order valence-electron chi connectivity index (χ2n) is 7.04. The van der Waals surface area contributed by atoms with Crippen molar-refractivity contribution in [1.82, 2.24) is 4.90 Å². The predicted octanol–water partition coefficient (Wildman–Crippen LogP) is 4.27. The van der Waals surface area contributed by atoms with E-state index in [9.17, 15) is 9.59 Å². The quantitative estimate of drug-likeness (QED) is 0.761. The van der Waals surface area contributed by atoms with Crippen molar-refractivity contribution >= 4 is 35.2 Å². The number of ether oxygens (including phenoxy) is 2. The van der Waals surface area contributed by atoms with Crippen molar-refractivity contribution in [3.63, 3.8) is 0 Å². The first kappa shape index (κ1) is 19.3. The largest absolute Gasteiger partial charge is 0.454 e. The molecule has 29 heavy (non-hydrogen) atoms. The average Bonchev–Trinajstić information content (AvgIpc) is 3.39. The van der Waals surface area contributed by atoms with Crippen LogP contribution in [0.3, 0.4) is 0 Å². The second-order valence-corrected chi connectivity index (χ2v) is 7.44. The van der Waals surface area contributed by atoms with Gasteiger partial charge in [-0.15, -0.1) is 0 Å². The first-order valence-corrected chi connectivity index (χ1v) is 9.88. The summed E-state index contributed by atoms with van der Waals surface area (Å²) >= 11 is 6.17. The Kier molecular flexibility index (Phi) is 5.45. The van der Waals surface area contributed by atoms with Crippen molar-refractivity contribution in [2.24, 2.45) is 0 Å². The lowest BCUT2D eigenvalue weighted by molar-refractivity contribution is -0.111. The molecular weight excluding hydrogens is 392 g/mol. The summed E-state index contributed by atoms with van der Waals surface area (Å²) in [5.74, 6) is 0.791. The van der Waals surface area contributed by atoms with Gasteiger partial charge >= 0.3 is 0 Å². The highest BCUT2D eigenvalue weighted by Crippen LogP contribution is 2.40. The third kappa shape index (κ3) is 4.07. The van der Waals surface area contributed by atoms with Gasteiger partial charge in [-0.25, -0.2) is 0 Å². The summed E-state index contributed by atoms with van der Waals surface area (Å²) < 4.78 is 10.6. The molecule has 150 valence electrons. The highest BCUT2D eigenvalue weighted by Gasteiger charge is 2.22. The van der Waals surface area contributed by atoms with E-state index < -0.39 is 0 Å². The van der Waals surface area contributed by atoms with Crippen LogP contribution in [-0.4, -0.2) is 36.6 Å². The van der Waals surface area contributed by atoms with Crippen LogP contribution >= 0.6 is 11.6 Å². The number of hydrogen-bond acceptors (Lipinski definition) is 4. The fourth-order valence-corrected chi connectivity index (χ4v) is 3.80. The molecule has 6 nitrogen and oxygen atoms in total. The summed E-state index contributed by atoms with van der Waals surface area (Å²) in [6, 6.07) is 8.85. The van der Waals surface area contributed by atoms with Gasteiger partial charge in [0, 0.05) is 30.4 Å². The molecular formula is C22H21ClN2O4. The lowest BCUT2D eigenvalue weighted by Gasteiger charge is -2.18. The molecule has 0 spiro atoms. The van der Waals surface area contributed by atoms with Crippen LogP contribution in [0.4, 0.5) is 5.69 Å². The topological polar surface area (TPSA) is 67.9 Å². The van der Waals surface area contributed by atoms with E-state index in [4.69, 9.17) is 21.1 Å². The summed E-state index contributed by atoms with van der Waals surface area (Å²) in [6.07, 6.45) is 5.14. The number of rotatable bonds is 4. The number of carbonyl (C=O) groups excluding carboxylic acids is 2. The molecule has 1 N–H and O–H groups in total. The van der Waals surface area contributed by atoms with Crippen LogP contribution in [-0.2, 0) is 4.79 Å². The van der Waals surface area contributed by atoms with Gasteiger partial charge < -0.3 is 19.7 Å². The van der Waals surface area contributed by atoms with Gasteiger partial charge in [0.1, 0.15) is 0 Å². The number of hydrogen-bond donors (Lipinski definition) is 1. The highest BCUT2D eigenvalue weighted by molar-refractivity contribution is 6.32. The predicted molar refractivity (Wildman–Crippen MR) is 112 cm³/mol. The zero-order valence-corrected chi connectivity index (χ0v) is 16.8. The fraction of sp³-hybridized carbons (Fsp3) is 0.273. The molecule has 7 heteroatoms. The Morgan fingerprint density at radius 1 is 1.17 bits per heavy atom. The molecule has 0 atom stereocenters. The van der Waals surface area contributed by atoms with Gasteiger partial charge in [0.15, 0.2) is 11.5 Å². The fourth-order valence-electron chi connectivity index (χ4n) is 3.52. The Morgan fingerprint density at radius 3 is 2.76 bits per heavy atom. The summed E-state index contributed by atoms with van der Waals surface area (Å²) in [7, 11) is 0. The van der Waals surface area contributed by atoms with Crippen LogP contribution in [0.2, 0.25) is 5.02 Å². The minimum absolute atomic E-state index is 0.0154. The van der Waals surface area contributed by atoms with E-state index in [0.717, 1.165) is 37.1 Å². The molecule has 0 radical (unpaired) electrons. The maximum atomic E-state index is 12.7. The number of benzene rings is 2. The first-order valence-electron chi connectivity index (χ1n) is 9.50. The number of anilines is 1. The Balaban J connectivity index is 1.47. The first-order chi connectivity index (χ1) is 14.0. The number of likely N-dealkylation sites (tertiary alicyclic amines) is 1. The second kappa shape index (κ2) is 8.17. The number of nitrogens with one attached hydrogen (secondary N) is 1. The summed E-state index contributed by atoms with van der Waals surface area (Å²) in [6.45, 7) is 3.56. The zero-order chi connectivity index (χ0) is 20.4. The van der Waals surface area contributed by atoms with Gasteiger partial charge in [-0.3, -0.25) is 9.59 Å². The third-order valence-electron chi connectivity index (χ3n) is 5.09. The minimum atomic E-state index is -0.298. The lowest BCUT2D eigenvalue weighted by Crippen LogP contribution is -2.28. The molecule has 2 aliphatic rings. The van der Waals surface area contributed by atoms with E-state index in [1.807, 2.05) is 11.8 Å². The van der Waals surface area contributed by atoms with E-state index >= 15 is 0 Å². The monoisotopic (exact) mass is 412 g/mol. The summed E-state index contributed by atoms with van der Waals surface area (Å²) in [5.41, 5.74) is 2.73. The van der Waals surface area contributed by atoms with Gasteiger partial charge in [0.2, 0.25) is 12.7 Å². The van der Waals surface area contributed by atoms with Crippen molar-refractivity contribution in [2.45, 2.75) is 19.8 Å². The van der Waals surface area contributed by atoms with Crippen LogP contribution in [0.25, 0.3) is 6.08 Å². The molecule has 2 aliphatic heterocycles. The molecule has 0 saturated carbocycles. The standard InChI is InChI=1S/C22H21ClN2O4/c1-14-16(22(27)25-9-2-3-10-25)5-4-6-18(14)24-20(26)8-7-15-11-17(23)21-19(12-15)28-13-29-21/h4-8,11-12H,2-3,9-10,13H2,1H3,(H,24,26)/b8-7+. The molecule has 2 amide bonds. The van der Waals surface area contributed by atoms with Crippen LogP contribution in [0.5, 0.6) is 11.5 Å². The van der Waals surface area contributed by atoms with Gasteiger partial charge in [-0.05, 0) is 61.2 Å². The summed E-state index contributed by atoms with van der Waals surface area (Å²) in [4.78, 5) is 27.0. The Labute approximate surface area is 174 Å². The van der Waals surface area contributed by atoms with Crippen LogP contribution < -0.4 is 14.8 Å². The van der Waals surface area contributed by atoms with Gasteiger partial charge in [0.05, 0.1) is 5.02 Å². The Hall–Kier alpha value is -2.99. The van der Waals surface area contributed by atoms with E-state index in [-0.39, 0.29) is 18.6 Å². The maximum Gasteiger partial charge on any atom is 0.254 e. The molecule has 0 aliphatic carbocycles. The number of amides is 2. The zero-order valence-electron chi connectivity index (χ0n) is 16.0. The maximum absolute atomic E-state index is 12.7. The summed E-state index contributed by atoms with van der Waals surface area (Å²) in [5, 5.41) is 3.28. The van der Waals surface area contributed by atoms with Gasteiger partial charge in [-0.1, -0.05) is 17.7 Å². The number of carbonyl (C=O) groups is 2. The molecule has 0 bridgehead atoms. The smallest absolute Gasteiger partial charge is 0.254 e. The van der Waals surface area contributed by atoms with Crippen molar-refractivity contribution in [2.75, 3.05) is 25.2 Å². The van der Waals surface area contributed by atoms with E-state index in [2.05, 4.69) is 5.32 Å². The van der Waals surface area contributed by atoms with E-state index in [1.54, 1.807) is 36.4 Å². The molecule has 2 heterocycles. The Morgan fingerprint density at radius 2 is 1.97 bits per heavy atom. The molecule has 1 saturated heterocycles. The van der Waals surface area contributed by atoms with E-state index in [0.29, 0.717) is 27.8 Å². The SMILES string of the molecule is Cc1c(NC(=O)/C=C/c2cc(Cl)c3c(c2)OCO3)cccc1C(=O)N1CCCC1. The van der Waals surface area contributed by atoms with Crippen molar-refractivity contribution in [1.29, 1.82) is 0 Å². The Bertz CT molecular complexity index is 997. The van der Waals surface area contributed by atoms with Crippen LogP contribution in [0.1, 0.15) is 34.3 Å². The van der Waals surface area contributed by atoms with Crippen LogP contribution in [0.15, 0.2) is 36.4 Å². The molecule has 2 aromatic rings. The van der Waals surface area contributed by atoms with Gasteiger partial charge in [-0.2, -0.15) is 0 Å². The minimum Gasteiger partial charge on any atom is -0.454 e.